The monoisotopic (exact) mass is 364 g/mol. The second-order valence-electron chi connectivity index (χ2n) is 6.36. The van der Waals surface area contributed by atoms with Crippen molar-refractivity contribution in [1.82, 2.24) is 14.8 Å². The van der Waals surface area contributed by atoms with E-state index in [0.717, 1.165) is 5.69 Å². The minimum Gasteiger partial charge on any atom is -0.471 e. The van der Waals surface area contributed by atoms with Crippen LogP contribution in [0.1, 0.15) is 23.0 Å². The predicted octanol–water partition coefficient (Wildman–Crippen LogP) is 2.84. The van der Waals surface area contributed by atoms with Crippen molar-refractivity contribution >= 4 is 11.6 Å². The Kier molecular flexibility index (Phi) is 4.60. The maximum Gasteiger partial charge on any atom is 0.262 e. The first kappa shape index (κ1) is 17.2. The van der Waals surface area contributed by atoms with E-state index in [2.05, 4.69) is 10.1 Å². The molecule has 3 heterocycles. The van der Waals surface area contributed by atoms with E-state index in [1.807, 2.05) is 43.3 Å². The van der Waals surface area contributed by atoms with Gasteiger partial charge in [0.05, 0.1) is 36.3 Å². The lowest BCUT2D eigenvalue weighted by Crippen LogP contribution is -2.42. The number of nitrogens with zero attached hydrogens (tertiary/aromatic N) is 4. The van der Waals surface area contributed by atoms with E-state index >= 15 is 0 Å². The summed E-state index contributed by atoms with van der Waals surface area (Å²) < 4.78 is 12.8. The summed E-state index contributed by atoms with van der Waals surface area (Å²) >= 11 is 0. The highest BCUT2D eigenvalue weighted by molar-refractivity contribution is 6.07. The lowest BCUT2D eigenvalue weighted by molar-refractivity contribution is 0.0953. The number of hydrogen-bond donors (Lipinski definition) is 0. The minimum atomic E-state index is -0.147. The number of hydrogen-bond acceptors (Lipinski definition) is 5. The van der Waals surface area contributed by atoms with E-state index in [1.54, 1.807) is 35.2 Å². The molecule has 1 aliphatic rings. The molecule has 4 rings (SSSR count). The molecule has 3 aromatic rings. The molecule has 0 aliphatic carbocycles. The fourth-order valence-corrected chi connectivity index (χ4v) is 3.22. The molecule has 0 N–H and O–H groups in total. The van der Waals surface area contributed by atoms with Gasteiger partial charge in [-0.1, -0.05) is 18.2 Å². The Labute approximate surface area is 157 Å². The highest BCUT2D eigenvalue weighted by Crippen LogP contribution is 2.32. The zero-order valence-electron chi connectivity index (χ0n) is 15.2. The molecule has 0 radical (unpaired) electrons. The molecule has 1 aromatic carbocycles. The van der Waals surface area contributed by atoms with Crippen LogP contribution in [-0.4, -0.2) is 40.4 Å². The zero-order chi connectivity index (χ0) is 18.8. The number of anilines is 1. The molecule has 2 aromatic heterocycles. The van der Waals surface area contributed by atoms with Crippen LogP contribution in [0, 0.1) is 0 Å². The lowest BCUT2D eigenvalue weighted by Gasteiger charge is -2.32. The second kappa shape index (κ2) is 7.20. The van der Waals surface area contributed by atoms with Crippen LogP contribution in [0.2, 0.25) is 0 Å². The van der Waals surface area contributed by atoms with Gasteiger partial charge >= 0.3 is 0 Å². The number of amides is 1. The summed E-state index contributed by atoms with van der Waals surface area (Å²) in [6, 6.07) is 13.3. The number of para-hydroxylation sites is 1. The van der Waals surface area contributed by atoms with Crippen molar-refractivity contribution in [3.8, 4) is 11.6 Å². The standard InChI is InChI=1S/C20H20N4O3/c1-14-12-23(17-9-6-10-21-19(17)27-14)20(25)16-11-22-24(18(16)13-26-2)15-7-4-3-5-8-15/h3-11,14H,12-13H2,1-2H3/t14-/m0/s1. The van der Waals surface area contributed by atoms with Gasteiger partial charge in [-0.3, -0.25) is 9.69 Å². The third kappa shape index (κ3) is 3.17. The van der Waals surface area contributed by atoms with Crippen molar-refractivity contribution in [2.75, 3.05) is 18.6 Å². The highest BCUT2D eigenvalue weighted by Gasteiger charge is 2.31. The Morgan fingerprint density at radius 1 is 1.26 bits per heavy atom. The van der Waals surface area contributed by atoms with Crippen LogP contribution in [0.5, 0.6) is 5.88 Å². The molecule has 0 spiro atoms. The van der Waals surface area contributed by atoms with E-state index in [1.165, 1.54) is 0 Å². The van der Waals surface area contributed by atoms with Gasteiger partial charge in [0.25, 0.3) is 5.91 Å². The summed E-state index contributed by atoms with van der Waals surface area (Å²) in [4.78, 5) is 19.3. The molecular weight excluding hydrogens is 344 g/mol. The Morgan fingerprint density at radius 2 is 2.07 bits per heavy atom. The zero-order valence-corrected chi connectivity index (χ0v) is 15.2. The van der Waals surface area contributed by atoms with Crippen LogP contribution in [-0.2, 0) is 11.3 Å². The highest BCUT2D eigenvalue weighted by atomic mass is 16.5. The molecule has 0 fully saturated rings. The van der Waals surface area contributed by atoms with E-state index in [9.17, 15) is 4.79 Å². The van der Waals surface area contributed by atoms with Crippen LogP contribution >= 0.6 is 0 Å². The van der Waals surface area contributed by atoms with Gasteiger partial charge in [-0.15, -0.1) is 0 Å². The molecule has 7 heteroatoms. The number of benzene rings is 1. The van der Waals surface area contributed by atoms with Crippen molar-refractivity contribution in [2.45, 2.75) is 19.6 Å². The molecule has 1 aliphatic heterocycles. The average molecular weight is 364 g/mol. The second-order valence-corrected chi connectivity index (χ2v) is 6.36. The number of carbonyl (C=O) groups is 1. The third-order valence-corrected chi connectivity index (χ3v) is 4.42. The van der Waals surface area contributed by atoms with Crippen LogP contribution < -0.4 is 9.64 Å². The van der Waals surface area contributed by atoms with Gasteiger partial charge in [0.15, 0.2) is 0 Å². The first-order chi connectivity index (χ1) is 13.2. The Morgan fingerprint density at radius 3 is 2.85 bits per heavy atom. The van der Waals surface area contributed by atoms with E-state index < -0.39 is 0 Å². The maximum atomic E-state index is 13.4. The van der Waals surface area contributed by atoms with Gasteiger partial charge < -0.3 is 9.47 Å². The molecule has 1 amide bonds. The normalized spacial score (nSPS) is 15.9. The van der Waals surface area contributed by atoms with Crippen molar-refractivity contribution in [3.05, 3.63) is 66.1 Å². The largest absolute Gasteiger partial charge is 0.471 e. The number of carbonyl (C=O) groups excluding carboxylic acids is 1. The number of ether oxygens (including phenoxy) is 2. The fraction of sp³-hybridized carbons (Fsp3) is 0.250. The summed E-state index contributed by atoms with van der Waals surface area (Å²) in [6.45, 7) is 2.64. The van der Waals surface area contributed by atoms with Crippen molar-refractivity contribution < 1.29 is 14.3 Å². The van der Waals surface area contributed by atoms with Crippen LogP contribution in [0.3, 0.4) is 0 Å². The smallest absolute Gasteiger partial charge is 0.262 e. The van der Waals surface area contributed by atoms with E-state index in [4.69, 9.17) is 9.47 Å². The van der Waals surface area contributed by atoms with Gasteiger partial charge in [0.1, 0.15) is 11.8 Å². The number of fused-ring (bicyclic) bond motifs is 1. The maximum absolute atomic E-state index is 13.4. The molecule has 0 saturated heterocycles. The van der Waals surface area contributed by atoms with E-state index in [0.29, 0.717) is 29.4 Å². The summed E-state index contributed by atoms with van der Waals surface area (Å²) in [7, 11) is 1.60. The molecule has 0 saturated carbocycles. The molecule has 138 valence electrons. The molecule has 27 heavy (non-hydrogen) atoms. The van der Waals surface area contributed by atoms with Crippen molar-refractivity contribution in [1.29, 1.82) is 0 Å². The van der Waals surface area contributed by atoms with Gasteiger partial charge in [0.2, 0.25) is 5.88 Å². The SMILES string of the molecule is COCc1c(C(=O)N2C[C@H](C)Oc3ncccc32)cnn1-c1ccccc1. The lowest BCUT2D eigenvalue weighted by atomic mass is 10.1. The van der Waals surface area contributed by atoms with Gasteiger partial charge in [-0.25, -0.2) is 9.67 Å². The van der Waals surface area contributed by atoms with Crippen LogP contribution in [0.15, 0.2) is 54.9 Å². The van der Waals surface area contributed by atoms with Crippen molar-refractivity contribution in [2.24, 2.45) is 0 Å². The van der Waals surface area contributed by atoms with Crippen LogP contribution in [0.25, 0.3) is 5.69 Å². The minimum absolute atomic E-state index is 0.145. The molecule has 7 nitrogen and oxygen atoms in total. The van der Waals surface area contributed by atoms with Gasteiger partial charge in [-0.05, 0) is 31.2 Å². The number of methoxy groups -OCH3 is 1. The van der Waals surface area contributed by atoms with Crippen molar-refractivity contribution in [3.63, 3.8) is 0 Å². The molecular formula is C20H20N4O3. The van der Waals surface area contributed by atoms with Gasteiger partial charge in [-0.2, -0.15) is 5.10 Å². The Balaban J connectivity index is 1.76. The Bertz CT molecular complexity index is 955. The van der Waals surface area contributed by atoms with E-state index in [-0.39, 0.29) is 18.6 Å². The third-order valence-electron chi connectivity index (χ3n) is 4.42. The summed E-state index contributed by atoms with van der Waals surface area (Å²) in [5.74, 6) is 0.321. The summed E-state index contributed by atoms with van der Waals surface area (Å²) in [6.07, 6.45) is 3.11. The quantitative estimate of drug-likeness (QED) is 0.712. The first-order valence-electron chi connectivity index (χ1n) is 8.74. The summed E-state index contributed by atoms with van der Waals surface area (Å²) in [5.41, 5.74) is 2.75. The van der Waals surface area contributed by atoms with Crippen LogP contribution in [0.4, 0.5) is 5.69 Å². The Hall–Kier alpha value is -3.19. The number of aromatic nitrogens is 3. The molecule has 0 unspecified atom stereocenters. The first-order valence-corrected chi connectivity index (χ1v) is 8.74. The molecule has 1 atom stereocenters. The average Bonchev–Trinajstić information content (AvgIpc) is 3.11. The summed E-state index contributed by atoms with van der Waals surface area (Å²) in [5, 5.41) is 4.44. The fourth-order valence-electron chi connectivity index (χ4n) is 3.22. The number of pyridine rings is 1. The predicted molar refractivity (Wildman–Crippen MR) is 100 cm³/mol. The van der Waals surface area contributed by atoms with Gasteiger partial charge in [0, 0.05) is 13.3 Å². The molecule has 0 bridgehead atoms. The number of rotatable bonds is 4. The topological polar surface area (TPSA) is 69.5 Å².